The summed E-state index contributed by atoms with van der Waals surface area (Å²) in [5.74, 6) is -3.78. The molecule has 4 nitrogen and oxygen atoms in total. The standard InChI is InChI=1S/C13H10F6O4/c14-12(15,16)9-4-7(11(21)22)6-3-5(1-2-8(6)23-9)10(20)13(17,18)19/h1-3,7,9-10,20H,4H2,(H,21,22). The molecule has 1 aliphatic rings. The molecule has 1 aromatic carbocycles. The molecule has 1 aliphatic heterocycles. The van der Waals surface area contributed by atoms with Gasteiger partial charge in [0.2, 0.25) is 0 Å². The van der Waals surface area contributed by atoms with Crippen molar-refractivity contribution < 1.29 is 46.1 Å². The number of alkyl halides is 6. The van der Waals surface area contributed by atoms with Crippen LogP contribution in [0.1, 0.15) is 29.6 Å². The molecule has 0 saturated carbocycles. The lowest BCUT2D eigenvalue weighted by Crippen LogP contribution is -2.40. The molecular formula is C13H10F6O4. The number of hydrogen-bond donors (Lipinski definition) is 2. The van der Waals surface area contributed by atoms with Crippen molar-refractivity contribution in [3.63, 3.8) is 0 Å². The lowest BCUT2D eigenvalue weighted by molar-refractivity contribution is -0.206. The second-order valence-electron chi connectivity index (χ2n) is 5.02. The molecule has 2 rings (SSSR count). The van der Waals surface area contributed by atoms with E-state index in [0.717, 1.165) is 12.1 Å². The van der Waals surface area contributed by atoms with Crippen molar-refractivity contribution >= 4 is 5.97 Å². The summed E-state index contributed by atoms with van der Waals surface area (Å²) in [4.78, 5) is 11.2. The second kappa shape index (κ2) is 5.59. The van der Waals surface area contributed by atoms with Gasteiger partial charge in [-0.15, -0.1) is 0 Å². The summed E-state index contributed by atoms with van der Waals surface area (Å²) in [6.07, 6.45) is -16.0. The van der Waals surface area contributed by atoms with E-state index in [-0.39, 0.29) is 5.56 Å². The zero-order valence-corrected chi connectivity index (χ0v) is 11.1. The summed E-state index contributed by atoms with van der Waals surface area (Å²) in [7, 11) is 0. The first kappa shape index (κ1) is 17.4. The van der Waals surface area contributed by atoms with Gasteiger partial charge in [-0.2, -0.15) is 26.3 Å². The van der Waals surface area contributed by atoms with E-state index in [4.69, 9.17) is 5.11 Å². The van der Waals surface area contributed by atoms with E-state index in [1.54, 1.807) is 0 Å². The smallest absolute Gasteiger partial charge is 0.425 e. The van der Waals surface area contributed by atoms with E-state index in [0.29, 0.717) is 6.07 Å². The number of hydrogen-bond acceptors (Lipinski definition) is 3. The Hall–Kier alpha value is -1.97. The van der Waals surface area contributed by atoms with Crippen molar-refractivity contribution in [2.45, 2.75) is 36.9 Å². The zero-order chi connectivity index (χ0) is 17.6. The van der Waals surface area contributed by atoms with E-state index in [1.165, 1.54) is 0 Å². The van der Waals surface area contributed by atoms with Gasteiger partial charge in [0, 0.05) is 12.0 Å². The first-order valence-corrected chi connectivity index (χ1v) is 6.26. The predicted octanol–water partition coefficient (Wildman–Crippen LogP) is 3.16. The Balaban J connectivity index is 2.45. The lowest BCUT2D eigenvalue weighted by Gasteiger charge is -2.32. The fourth-order valence-corrected chi connectivity index (χ4v) is 2.28. The van der Waals surface area contributed by atoms with Gasteiger partial charge in [0.15, 0.2) is 12.2 Å². The van der Waals surface area contributed by atoms with Crippen LogP contribution in [0.5, 0.6) is 5.75 Å². The quantitative estimate of drug-likeness (QED) is 0.809. The highest BCUT2D eigenvalue weighted by Gasteiger charge is 2.48. The molecule has 0 spiro atoms. The Bertz CT molecular complexity index is 609. The number of halogens is 6. The molecule has 0 radical (unpaired) electrons. The Morgan fingerprint density at radius 1 is 1.22 bits per heavy atom. The van der Waals surface area contributed by atoms with Gasteiger partial charge in [-0.3, -0.25) is 4.79 Å². The third-order valence-electron chi connectivity index (χ3n) is 3.42. The van der Waals surface area contributed by atoms with E-state index < -0.39 is 54.2 Å². The Morgan fingerprint density at radius 3 is 2.30 bits per heavy atom. The average molecular weight is 344 g/mol. The molecule has 128 valence electrons. The van der Waals surface area contributed by atoms with Gasteiger partial charge in [-0.25, -0.2) is 0 Å². The predicted molar refractivity (Wildman–Crippen MR) is 62.9 cm³/mol. The fraction of sp³-hybridized carbons (Fsp3) is 0.462. The summed E-state index contributed by atoms with van der Waals surface area (Å²) in [6, 6.07) is 2.25. The number of aliphatic hydroxyl groups is 1. The van der Waals surface area contributed by atoms with Gasteiger partial charge in [0.05, 0.1) is 5.92 Å². The molecule has 3 atom stereocenters. The molecule has 2 N–H and O–H groups in total. The van der Waals surface area contributed by atoms with Crippen LogP contribution in [-0.4, -0.2) is 34.6 Å². The minimum Gasteiger partial charge on any atom is -0.481 e. The topological polar surface area (TPSA) is 66.8 Å². The van der Waals surface area contributed by atoms with Gasteiger partial charge < -0.3 is 14.9 Å². The summed E-state index contributed by atoms with van der Waals surface area (Å²) in [5.41, 5.74) is -1.00. The normalized spacial score (nSPS) is 22.9. The number of carboxylic acid groups (broad SMARTS) is 1. The molecule has 0 aliphatic carbocycles. The van der Waals surface area contributed by atoms with Gasteiger partial charge in [0.1, 0.15) is 5.75 Å². The number of rotatable bonds is 2. The number of carboxylic acids is 1. The summed E-state index contributed by atoms with van der Waals surface area (Å²) in [5, 5.41) is 18.2. The SMILES string of the molecule is O=C(O)C1CC(C(F)(F)F)Oc2ccc(C(O)C(F)(F)F)cc21. The van der Waals surface area contributed by atoms with Gasteiger partial charge in [0.25, 0.3) is 0 Å². The second-order valence-corrected chi connectivity index (χ2v) is 5.02. The molecule has 3 unspecified atom stereocenters. The van der Waals surface area contributed by atoms with Crippen LogP contribution in [-0.2, 0) is 4.79 Å². The van der Waals surface area contributed by atoms with E-state index in [2.05, 4.69) is 4.74 Å². The van der Waals surface area contributed by atoms with E-state index >= 15 is 0 Å². The Labute approximate surface area is 125 Å². The van der Waals surface area contributed by atoms with Crippen molar-refractivity contribution in [2.75, 3.05) is 0 Å². The van der Waals surface area contributed by atoms with Gasteiger partial charge >= 0.3 is 18.3 Å². The van der Waals surface area contributed by atoms with Crippen LogP contribution in [0.3, 0.4) is 0 Å². The molecule has 0 aromatic heterocycles. The van der Waals surface area contributed by atoms with E-state index in [1.807, 2.05) is 0 Å². The zero-order valence-electron chi connectivity index (χ0n) is 11.1. The maximum Gasteiger partial charge on any atom is 0.425 e. The first-order chi connectivity index (χ1) is 10.4. The van der Waals surface area contributed by atoms with Crippen molar-refractivity contribution in [1.29, 1.82) is 0 Å². The van der Waals surface area contributed by atoms with Crippen molar-refractivity contribution in [3.8, 4) is 5.75 Å². The summed E-state index contributed by atoms with van der Waals surface area (Å²) >= 11 is 0. The summed E-state index contributed by atoms with van der Waals surface area (Å²) < 4.78 is 80.3. The Kier molecular flexibility index (Phi) is 4.22. The largest absolute Gasteiger partial charge is 0.481 e. The number of benzene rings is 1. The van der Waals surface area contributed by atoms with Crippen LogP contribution < -0.4 is 4.74 Å². The highest BCUT2D eigenvalue weighted by molar-refractivity contribution is 5.78. The van der Waals surface area contributed by atoms with Crippen LogP contribution in [0.2, 0.25) is 0 Å². The molecule has 0 fully saturated rings. The fourth-order valence-electron chi connectivity index (χ4n) is 2.28. The van der Waals surface area contributed by atoms with Crippen molar-refractivity contribution in [3.05, 3.63) is 29.3 Å². The van der Waals surface area contributed by atoms with E-state index in [9.17, 15) is 36.2 Å². The highest BCUT2D eigenvalue weighted by atomic mass is 19.4. The average Bonchev–Trinajstić information content (AvgIpc) is 2.42. The van der Waals surface area contributed by atoms with Crippen molar-refractivity contribution in [1.82, 2.24) is 0 Å². The maximum atomic E-state index is 12.7. The Morgan fingerprint density at radius 2 is 1.83 bits per heavy atom. The van der Waals surface area contributed by atoms with Crippen LogP contribution >= 0.6 is 0 Å². The molecule has 1 aromatic rings. The molecule has 1 heterocycles. The maximum absolute atomic E-state index is 12.7. The molecule has 0 saturated heterocycles. The monoisotopic (exact) mass is 344 g/mol. The number of aliphatic carboxylic acids is 1. The number of fused-ring (bicyclic) bond motifs is 1. The van der Waals surface area contributed by atoms with Crippen molar-refractivity contribution in [2.24, 2.45) is 0 Å². The lowest BCUT2D eigenvalue weighted by atomic mass is 9.88. The van der Waals surface area contributed by atoms with Crippen LogP contribution in [0, 0.1) is 0 Å². The minimum atomic E-state index is -4.99. The molecular weight excluding hydrogens is 334 g/mol. The third kappa shape index (κ3) is 3.52. The molecule has 0 amide bonds. The molecule has 10 heteroatoms. The van der Waals surface area contributed by atoms with Gasteiger partial charge in [-0.1, -0.05) is 6.07 Å². The molecule has 0 bridgehead atoms. The summed E-state index contributed by atoms with van der Waals surface area (Å²) in [6.45, 7) is 0. The number of ether oxygens (including phenoxy) is 1. The third-order valence-corrected chi connectivity index (χ3v) is 3.42. The highest BCUT2D eigenvalue weighted by Crippen LogP contribution is 2.43. The minimum absolute atomic E-state index is 0.334. The van der Waals surface area contributed by atoms with Crippen LogP contribution in [0.25, 0.3) is 0 Å². The van der Waals surface area contributed by atoms with Crippen LogP contribution in [0.4, 0.5) is 26.3 Å². The number of aliphatic hydroxyl groups excluding tert-OH is 1. The molecule has 23 heavy (non-hydrogen) atoms. The number of carbonyl (C=O) groups is 1. The first-order valence-electron chi connectivity index (χ1n) is 6.26. The van der Waals surface area contributed by atoms with Crippen LogP contribution in [0.15, 0.2) is 18.2 Å². The van der Waals surface area contributed by atoms with Gasteiger partial charge in [-0.05, 0) is 17.7 Å².